The molecule has 3 aromatic carbocycles. The first-order chi connectivity index (χ1) is 13.7. The van der Waals surface area contributed by atoms with Crippen LogP contribution in [0.1, 0.15) is 31.1 Å². The third-order valence-corrected chi connectivity index (χ3v) is 3.29. The third kappa shape index (κ3) is 7.83. The minimum atomic E-state index is -1.11. The number of aromatic carboxylic acids is 3. The van der Waals surface area contributed by atoms with Gasteiger partial charge in [-0.25, -0.2) is 14.4 Å². The molecule has 8 heteroatoms. The van der Waals surface area contributed by atoms with Gasteiger partial charge in [-0.1, -0.05) is 42.5 Å². The van der Waals surface area contributed by atoms with Crippen molar-refractivity contribution in [1.29, 1.82) is 0 Å². The van der Waals surface area contributed by atoms with Gasteiger partial charge in [0.1, 0.15) is 22.6 Å². The topological polar surface area (TPSA) is 152 Å². The molecule has 0 bridgehead atoms. The summed E-state index contributed by atoms with van der Waals surface area (Å²) in [6.45, 7) is 0. The Morgan fingerprint density at radius 1 is 0.483 bits per heavy atom. The lowest BCUT2D eigenvalue weighted by molar-refractivity contribution is 0.0682. The maximum absolute atomic E-state index is 10.3. The second kappa shape index (κ2) is 11.4. The van der Waals surface area contributed by atoms with Gasteiger partial charge in [-0.15, -0.1) is 0 Å². The van der Waals surface area contributed by atoms with Crippen LogP contribution in [-0.2, 0) is 0 Å². The Labute approximate surface area is 165 Å². The summed E-state index contributed by atoms with van der Waals surface area (Å²) in [6, 6.07) is 19.9. The molecular formula is C21H18O8. The maximum atomic E-state index is 10.3. The predicted molar refractivity (Wildman–Crippen MR) is 104 cm³/mol. The molecule has 150 valence electrons. The SMILES string of the molecule is O=C(O)c1ccccc1.O=C(O)c1ccccc1O.O=C(O)c1ccccc1O. The van der Waals surface area contributed by atoms with Crippen molar-refractivity contribution in [1.82, 2.24) is 0 Å². The second-order valence-electron chi connectivity index (χ2n) is 5.32. The van der Waals surface area contributed by atoms with Crippen LogP contribution in [-0.4, -0.2) is 43.4 Å². The van der Waals surface area contributed by atoms with E-state index in [0.717, 1.165) is 0 Å². The van der Waals surface area contributed by atoms with Crippen LogP contribution in [0.2, 0.25) is 0 Å². The van der Waals surface area contributed by atoms with Gasteiger partial charge in [-0.05, 0) is 36.4 Å². The average Bonchev–Trinajstić information content (AvgIpc) is 2.70. The number of rotatable bonds is 3. The lowest BCUT2D eigenvalue weighted by Gasteiger charge is -1.95. The van der Waals surface area contributed by atoms with Crippen LogP contribution >= 0.6 is 0 Å². The maximum Gasteiger partial charge on any atom is 0.339 e. The van der Waals surface area contributed by atoms with Gasteiger partial charge in [-0.2, -0.15) is 0 Å². The first-order valence-corrected chi connectivity index (χ1v) is 8.05. The van der Waals surface area contributed by atoms with Crippen LogP contribution in [0.25, 0.3) is 0 Å². The number of para-hydroxylation sites is 2. The molecule has 29 heavy (non-hydrogen) atoms. The van der Waals surface area contributed by atoms with Crippen LogP contribution in [0.4, 0.5) is 0 Å². The Balaban J connectivity index is 0.000000218. The van der Waals surface area contributed by atoms with Crippen LogP contribution in [0.15, 0.2) is 78.9 Å². The van der Waals surface area contributed by atoms with Crippen molar-refractivity contribution in [2.75, 3.05) is 0 Å². The number of benzene rings is 3. The molecule has 3 aromatic rings. The third-order valence-electron chi connectivity index (χ3n) is 3.29. The van der Waals surface area contributed by atoms with E-state index in [0.29, 0.717) is 5.56 Å². The van der Waals surface area contributed by atoms with Crippen molar-refractivity contribution in [3.8, 4) is 11.5 Å². The van der Waals surface area contributed by atoms with Gasteiger partial charge in [0.05, 0.1) is 5.56 Å². The first-order valence-electron chi connectivity index (χ1n) is 8.05. The van der Waals surface area contributed by atoms with E-state index >= 15 is 0 Å². The van der Waals surface area contributed by atoms with Gasteiger partial charge in [0.15, 0.2) is 0 Å². The molecule has 3 rings (SSSR count). The number of carbonyl (C=O) groups is 3. The van der Waals surface area contributed by atoms with E-state index in [4.69, 9.17) is 25.5 Å². The van der Waals surface area contributed by atoms with Gasteiger partial charge >= 0.3 is 17.9 Å². The van der Waals surface area contributed by atoms with Gasteiger partial charge in [-0.3, -0.25) is 0 Å². The number of phenols is 2. The van der Waals surface area contributed by atoms with E-state index in [9.17, 15) is 14.4 Å². The van der Waals surface area contributed by atoms with Crippen LogP contribution in [0.5, 0.6) is 11.5 Å². The Morgan fingerprint density at radius 3 is 1.07 bits per heavy atom. The van der Waals surface area contributed by atoms with Crippen LogP contribution in [0, 0.1) is 0 Å². The summed E-state index contributed by atoms with van der Waals surface area (Å²) in [4.78, 5) is 30.7. The smallest absolute Gasteiger partial charge is 0.339 e. The molecule has 0 heterocycles. The largest absolute Gasteiger partial charge is 0.507 e. The van der Waals surface area contributed by atoms with Crippen LogP contribution in [0.3, 0.4) is 0 Å². The summed E-state index contributed by atoms with van der Waals surface area (Å²) in [5.74, 6) is -3.50. The first kappa shape index (κ1) is 22.7. The highest BCUT2D eigenvalue weighted by atomic mass is 16.4. The molecule has 0 spiro atoms. The standard InChI is InChI=1S/2C7H6O3.C7H6O2/c2*8-6-4-2-1-3-5(6)7(9)10;8-7(9)6-4-2-1-3-5-6/h2*1-4,8H,(H,9,10);1-5H,(H,8,9). The minimum absolute atomic E-state index is 0.0671. The Hall–Kier alpha value is -4.33. The Kier molecular flexibility index (Phi) is 8.93. The molecule has 0 aliphatic heterocycles. The highest BCUT2D eigenvalue weighted by Crippen LogP contribution is 2.15. The fourth-order valence-electron chi connectivity index (χ4n) is 1.89. The molecule has 0 aliphatic rings. The van der Waals surface area contributed by atoms with Crippen molar-refractivity contribution in [2.24, 2.45) is 0 Å². The quantitative estimate of drug-likeness (QED) is 0.449. The van der Waals surface area contributed by atoms with Gasteiger partial charge in [0, 0.05) is 0 Å². The number of hydrogen-bond donors (Lipinski definition) is 5. The molecule has 0 aromatic heterocycles. The van der Waals surface area contributed by atoms with E-state index in [1.165, 1.54) is 24.3 Å². The molecular weight excluding hydrogens is 380 g/mol. The number of aromatic hydroxyl groups is 2. The summed E-state index contributed by atoms with van der Waals surface area (Å²) in [5, 5.41) is 43.0. The van der Waals surface area contributed by atoms with E-state index in [1.54, 1.807) is 54.6 Å². The molecule has 8 nitrogen and oxygen atoms in total. The summed E-state index contributed by atoms with van der Waals surface area (Å²) >= 11 is 0. The fourth-order valence-corrected chi connectivity index (χ4v) is 1.89. The van der Waals surface area contributed by atoms with Crippen molar-refractivity contribution in [2.45, 2.75) is 0 Å². The van der Waals surface area contributed by atoms with E-state index in [1.807, 2.05) is 0 Å². The van der Waals surface area contributed by atoms with E-state index in [2.05, 4.69) is 0 Å². The monoisotopic (exact) mass is 398 g/mol. The zero-order valence-electron chi connectivity index (χ0n) is 15.0. The zero-order chi connectivity index (χ0) is 21.8. The molecule has 0 saturated carbocycles. The highest BCUT2D eigenvalue weighted by Gasteiger charge is 2.06. The van der Waals surface area contributed by atoms with Gasteiger partial charge in [0.2, 0.25) is 0 Å². The molecule has 0 aliphatic carbocycles. The van der Waals surface area contributed by atoms with Gasteiger partial charge in [0.25, 0.3) is 0 Å². The molecule has 0 amide bonds. The lowest BCUT2D eigenvalue weighted by Crippen LogP contribution is -1.95. The molecule has 0 fully saturated rings. The van der Waals surface area contributed by atoms with Crippen LogP contribution < -0.4 is 0 Å². The van der Waals surface area contributed by atoms with Crippen molar-refractivity contribution in [3.05, 3.63) is 95.6 Å². The number of carboxylic acid groups (broad SMARTS) is 3. The van der Waals surface area contributed by atoms with E-state index in [-0.39, 0.29) is 22.6 Å². The summed E-state index contributed by atoms with van der Waals surface area (Å²) in [5.41, 5.74) is 0.197. The lowest BCUT2D eigenvalue weighted by atomic mass is 10.2. The number of carboxylic acids is 3. The zero-order valence-corrected chi connectivity index (χ0v) is 15.0. The summed E-state index contributed by atoms with van der Waals surface area (Å²) < 4.78 is 0. The van der Waals surface area contributed by atoms with Gasteiger partial charge < -0.3 is 25.5 Å². The Bertz CT molecular complexity index is 912. The average molecular weight is 398 g/mol. The predicted octanol–water partition coefficient (Wildman–Crippen LogP) is 3.57. The van der Waals surface area contributed by atoms with Crippen molar-refractivity contribution < 1.29 is 39.9 Å². The van der Waals surface area contributed by atoms with Crippen molar-refractivity contribution in [3.63, 3.8) is 0 Å². The molecule has 0 saturated heterocycles. The molecule has 0 unspecified atom stereocenters. The van der Waals surface area contributed by atoms with Crippen molar-refractivity contribution >= 4 is 17.9 Å². The fraction of sp³-hybridized carbons (Fsp3) is 0. The summed E-state index contributed by atoms with van der Waals surface area (Å²) in [6.07, 6.45) is 0. The second-order valence-corrected chi connectivity index (χ2v) is 5.32. The molecule has 0 atom stereocenters. The molecule has 5 N–H and O–H groups in total. The highest BCUT2D eigenvalue weighted by molar-refractivity contribution is 5.91. The summed E-state index contributed by atoms with van der Waals surface area (Å²) in [7, 11) is 0. The van der Waals surface area contributed by atoms with E-state index < -0.39 is 17.9 Å². The Morgan fingerprint density at radius 2 is 0.828 bits per heavy atom. The normalized spacial score (nSPS) is 9.10. The molecule has 0 radical (unpaired) electrons. The number of hydrogen-bond acceptors (Lipinski definition) is 5. The minimum Gasteiger partial charge on any atom is -0.507 e.